The topological polar surface area (TPSA) is 89.5 Å². The van der Waals surface area contributed by atoms with Crippen molar-refractivity contribution in [2.24, 2.45) is 0 Å². The van der Waals surface area contributed by atoms with Gasteiger partial charge in [-0.1, -0.05) is 18.2 Å². The zero-order valence-corrected chi connectivity index (χ0v) is 16.7. The molecule has 0 unspecified atom stereocenters. The Morgan fingerprint density at radius 2 is 1.79 bits per heavy atom. The second kappa shape index (κ2) is 8.97. The van der Waals surface area contributed by atoms with Crippen LogP contribution >= 0.6 is 0 Å². The minimum atomic E-state index is -3.47. The molecule has 8 heteroatoms. The van der Waals surface area contributed by atoms with Crippen LogP contribution in [0.15, 0.2) is 47.4 Å². The van der Waals surface area contributed by atoms with Crippen LogP contribution in [0, 0.1) is 12.7 Å². The van der Waals surface area contributed by atoms with Crippen LogP contribution in [0.5, 0.6) is 0 Å². The summed E-state index contributed by atoms with van der Waals surface area (Å²) >= 11 is 0. The van der Waals surface area contributed by atoms with Crippen molar-refractivity contribution in [2.45, 2.75) is 31.3 Å². The average Bonchev–Trinajstić information content (AvgIpc) is 2.62. The van der Waals surface area contributed by atoms with Crippen LogP contribution in [0.4, 0.5) is 4.39 Å². The Bertz CT molecular complexity index is 971. The number of hydrogen-bond acceptors (Lipinski definition) is 5. The van der Waals surface area contributed by atoms with Gasteiger partial charge in [0.2, 0.25) is 0 Å². The van der Waals surface area contributed by atoms with Crippen molar-refractivity contribution < 1.29 is 27.1 Å². The molecule has 0 fully saturated rings. The fraction of sp³-hybridized carbons (Fsp3) is 0.300. The maximum Gasteiger partial charge on any atom is 0.339 e. The van der Waals surface area contributed by atoms with E-state index in [-0.39, 0.29) is 16.3 Å². The Balaban J connectivity index is 1.94. The van der Waals surface area contributed by atoms with E-state index >= 15 is 0 Å². The molecule has 0 radical (unpaired) electrons. The van der Waals surface area contributed by atoms with Gasteiger partial charge in [0.1, 0.15) is 5.82 Å². The van der Waals surface area contributed by atoms with E-state index in [4.69, 9.17) is 4.74 Å². The van der Waals surface area contributed by atoms with Crippen molar-refractivity contribution in [2.75, 3.05) is 12.8 Å². The fourth-order valence-corrected chi connectivity index (χ4v) is 3.10. The molecule has 0 aliphatic rings. The molecule has 2 aromatic rings. The number of carbonyl (C=O) groups is 2. The van der Waals surface area contributed by atoms with Gasteiger partial charge in [0.25, 0.3) is 5.91 Å². The highest BCUT2D eigenvalue weighted by Gasteiger charge is 2.21. The number of nitrogens with one attached hydrogen (secondary N) is 1. The van der Waals surface area contributed by atoms with Crippen molar-refractivity contribution in [3.63, 3.8) is 0 Å². The number of halogens is 1. The van der Waals surface area contributed by atoms with Gasteiger partial charge in [0.15, 0.2) is 15.9 Å². The lowest BCUT2D eigenvalue weighted by molar-refractivity contribution is -0.129. The summed E-state index contributed by atoms with van der Waals surface area (Å²) in [4.78, 5) is 24.5. The van der Waals surface area contributed by atoms with E-state index in [0.29, 0.717) is 18.5 Å². The molecule has 2 aromatic carbocycles. The van der Waals surface area contributed by atoms with E-state index < -0.39 is 27.8 Å². The summed E-state index contributed by atoms with van der Waals surface area (Å²) in [6.45, 7) is 3.38. The lowest BCUT2D eigenvalue weighted by atomic mass is 10.1. The van der Waals surface area contributed by atoms with E-state index in [1.807, 2.05) is 0 Å². The second-order valence-electron chi connectivity index (χ2n) is 6.46. The Labute approximate surface area is 163 Å². The van der Waals surface area contributed by atoms with Crippen LogP contribution < -0.4 is 5.32 Å². The first-order chi connectivity index (χ1) is 13.1. The van der Waals surface area contributed by atoms with Gasteiger partial charge in [-0.05, 0) is 55.7 Å². The van der Waals surface area contributed by atoms with Crippen molar-refractivity contribution in [3.05, 3.63) is 65.0 Å². The number of amides is 1. The summed E-state index contributed by atoms with van der Waals surface area (Å²) in [6.07, 6.45) is 0.494. The molecular formula is C20H22FNO5S. The first-order valence-electron chi connectivity index (χ1n) is 8.62. The Hall–Kier alpha value is -2.74. The molecule has 0 aliphatic carbocycles. The number of hydrogen-bond donors (Lipinski definition) is 1. The van der Waals surface area contributed by atoms with Gasteiger partial charge < -0.3 is 10.1 Å². The van der Waals surface area contributed by atoms with Crippen LogP contribution in [-0.2, 0) is 25.8 Å². The molecular weight excluding hydrogens is 385 g/mol. The third-order valence-electron chi connectivity index (χ3n) is 4.14. The smallest absolute Gasteiger partial charge is 0.339 e. The van der Waals surface area contributed by atoms with Crippen LogP contribution in [0.25, 0.3) is 0 Å². The van der Waals surface area contributed by atoms with Gasteiger partial charge in [0, 0.05) is 12.8 Å². The Morgan fingerprint density at radius 3 is 2.39 bits per heavy atom. The van der Waals surface area contributed by atoms with E-state index in [1.165, 1.54) is 37.3 Å². The van der Waals surface area contributed by atoms with Gasteiger partial charge in [-0.3, -0.25) is 4.79 Å². The molecule has 0 aliphatic heterocycles. The molecule has 28 heavy (non-hydrogen) atoms. The van der Waals surface area contributed by atoms with Crippen molar-refractivity contribution in [1.82, 2.24) is 5.32 Å². The molecule has 0 aromatic heterocycles. The molecule has 1 N–H and O–H groups in total. The molecule has 1 amide bonds. The Kier molecular flexibility index (Phi) is 6.90. The molecule has 1 atom stereocenters. The minimum absolute atomic E-state index is 0.00134. The predicted molar refractivity (Wildman–Crippen MR) is 102 cm³/mol. The van der Waals surface area contributed by atoms with E-state index in [9.17, 15) is 22.4 Å². The number of ether oxygens (including phenoxy) is 1. The third-order valence-corrected chi connectivity index (χ3v) is 5.25. The largest absolute Gasteiger partial charge is 0.449 e. The fourth-order valence-electron chi connectivity index (χ4n) is 2.45. The standard InChI is InChI=1S/C20H22FNO5S/c1-13-4-9-17(28(3,25)26)12-18(13)20(24)27-14(2)19(23)22-11-10-15-5-7-16(21)8-6-15/h4-9,12,14H,10-11H2,1-3H3,(H,22,23)/t14-/m1/s1. The van der Waals surface area contributed by atoms with Crippen molar-refractivity contribution in [3.8, 4) is 0 Å². The van der Waals surface area contributed by atoms with Crippen molar-refractivity contribution >= 4 is 21.7 Å². The summed E-state index contributed by atoms with van der Waals surface area (Å²) < 4.78 is 41.4. The highest BCUT2D eigenvalue weighted by atomic mass is 32.2. The molecule has 150 valence electrons. The summed E-state index contributed by atoms with van der Waals surface area (Å²) in [5.41, 5.74) is 1.50. The summed E-state index contributed by atoms with van der Waals surface area (Å²) in [7, 11) is -3.47. The van der Waals surface area contributed by atoms with Crippen molar-refractivity contribution in [1.29, 1.82) is 0 Å². The Morgan fingerprint density at radius 1 is 1.14 bits per heavy atom. The second-order valence-corrected chi connectivity index (χ2v) is 8.48. The summed E-state index contributed by atoms with van der Waals surface area (Å²) in [6, 6.07) is 10.1. The van der Waals surface area contributed by atoms with Gasteiger partial charge in [-0.25, -0.2) is 17.6 Å². The molecule has 6 nitrogen and oxygen atoms in total. The van der Waals surface area contributed by atoms with Gasteiger partial charge in [0.05, 0.1) is 10.5 Å². The number of rotatable bonds is 7. The molecule has 0 bridgehead atoms. The van der Waals surface area contributed by atoms with E-state index in [2.05, 4.69) is 5.32 Å². The highest BCUT2D eigenvalue weighted by molar-refractivity contribution is 7.90. The predicted octanol–water partition coefficient (Wildman–Crippen LogP) is 2.44. The summed E-state index contributed by atoms with van der Waals surface area (Å²) in [5.74, 6) is -1.58. The zero-order valence-electron chi connectivity index (χ0n) is 15.9. The summed E-state index contributed by atoms with van der Waals surface area (Å²) in [5, 5.41) is 2.65. The molecule has 0 saturated carbocycles. The number of esters is 1. The lowest BCUT2D eigenvalue weighted by Gasteiger charge is -2.15. The van der Waals surface area contributed by atoms with Gasteiger partial charge >= 0.3 is 5.97 Å². The number of benzene rings is 2. The average molecular weight is 407 g/mol. The third kappa shape index (κ3) is 5.88. The first-order valence-corrected chi connectivity index (χ1v) is 10.5. The van der Waals surface area contributed by atoms with E-state index in [1.54, 1.807) is 19.1 Å². The van der Waals surface area contributed by atoms with Gasteiger partial charge in [-0.15, -0.1) is 0 Å². The zero-order chi connectivity index (χ0) is 20.9. The van der Waals surface area contributed by atoms with Crippen LogP contribution in [0.2, 0.25) is 0 Å². The number of sulfone groups is 1. The molecule has 2 rings (SSSR count). The minimum Gasteiger partial charge on any atom is -0.449 e. The van der Waals surface area contributed by atoms with Crippen LogP contribution in [-0.4, -0.2) is 39.2 Å². The van der Waals surface area contributed by atoms with Crippen LogP contribution in [0.3, 0.4) is 0 Å². The van der Waals surface area contributed by atoms with E-state index in [0.717, 1.165) is 11.8 Å². The molecule has 0 saturated heterocycles. The SMILES string of the molecule is Cc1ccc(S(C)(=O)=O)cc1C(=O)O[C@H](C)C(=O)NCCc1ccc(F)cc1. The quantitative estimate of drug-likeness (QED) is 0.712. The number of aryl methyl sites for hydroxylation is 1. The first kappa shape index (κ1) is 21.6. The maximum atomic E-state index is 12.9. The highest BCUT2D eigenvalue weighted by Crippen LogP contribution is 2.17. The van der Waals surface area contributed by atoms with Crippen LogP contribution in [0.1, 0.15) is 28.4 Å². The number of carbonyl (C=O) groups excluding carboxylic acids is 2. The monoisotopic (exact) mass is 407 g/mol. The molecule has 0 heterocycles. The maximum absolute atomic E-state index is 12.9. The van der Waals surface area contributed by atoms with Gasteiger partial charge in [-0.2, -0.15) is 0 Å². The lowest BCUT2D eigenvalue weighted by Crippen LogP contribution is -2.37. The molecule has 0 spiro atoms. The normalized spacial score (nSPS) is 12.3.